The van der Waals surface area contributed by atoms with Crippen molar-refractivity contribution in [1.82, 2.24) is 4.90 Å². The number of hydrogen-bond donors (Lipinski definition) is 1. The van der Waals surface area contributed by atoms with E-state index in [2.05, 4.69) is 0 Å². The number of carbonyl (C=O) groups is 1. The molecule has 118 valence electrons. The summed E-state index contributed by atoms with van der Waals surface area (Å²) in [6.07, 6.45) is -2.43. The largest absolute Gasteiger partial charge is 0.398 e. The molecule has 1 aromatic carbocycles. The highest BCUT2D eigenvalue weighted by molar-refractivity contribution is 5.76. The summed E-state index contributed by atoms with van der Waals surface area (Å²) in [5.41, 5.74) is 7.38. The van der Waals surface area contributed by atoms with Crippen LogP contribution in [0.15, 0.2) is 24.3 Å². The normalized spacial score (nSPS) is 11.1. The first-order chi connectivity index (χ1) is 9.91. The van der Waals surface area contributed by atoms with Gasteiger partial charge in [-0.3, -0.25) is 4.79 Å². The monoisotopic (exact) mass is 300 g/mol. The molecular formula is C15H22F2N2O2. The third-order valence-corrected chi connectivity index (χ3v) is 3.04. The van der Waals surface area contributed by atoms with Crippen molar-refractivity contribution in [2.24, 2.45) is 0 Å². The molecule has 0 saturated carbocycles. The molecule has 0 saturated heterocycles. The fourth-order valence-electron chi connectivity index (χ4n) is 1.90. The summed E-state index contributed by atoms with van der Waals surface area (Å²) in [6, 6.07) is 7.33. The Morgan fingerprint density at radius 3 is 2.57 bits per heavy atom. The number of carbonyl (C=O) groups excluding carboxylic acids is 1. The van der Waals surface area contributed by atoms with Gasteiger partial charge in [0.1, 0.15) is 6.61 Å². The Balaban J connectivity index is 2.57. The van der Waals surface area contributed by atoms with Gasteiger partial charge in [-0.25, -0.2) is 8.78 Å². The predicted octanol–water partition coefficient (Wildman–Crippen LogP) is 2.68. The number of benzene rings is 1. The summed E-state index contributed by atoms with van der Waals surface area (Å²) >= 11 is 0. The van der Waals surface area contributed by atoms with Crippen LogP contribution in [0.3, 0.4) is 0 Å². The van der Waals surface area contributed by atoms with Gasteiger partial charge in [-0.1, -0.05) is 18.2 Å². The van der Waals surface area contributed by atoms with Gasteiger partial charge in [0, 0.05) is 18.3 Å². The van der Waals surface area contributed by atoms with Crippen molar-refractivity contribution in [2.45, 2.75) is 39.3 Å². The van der Waals surface area contributed by atoms with E-state index in [1.807, 2.05) is 32.0 Å². The van der Waals surface area contributed by atoms with Gasteiger partial charge in [0.05, 0.1) is 13.0 Å². The first kappa shape index (κ1) is 17.4. The van der Waals surface area contributed by atoms with E-state index in [0.717, 1.165) is 5.56 Å². The average Bonchev–Trinajstić information content (AvgIpc) is 2.41. The van der Waals surface area contributed by atoms with Crippen molar-refractivity contribution in [3.05, 3.63) is 29.8 Å². The van der Waals surface area contributed by atoms with Crippen molar-refractivity contribution in [2.75, 3.05) is 18.9 Å². The lowest BCUT2D eigenvalue weighted by molar-refractivity contribution is -0.135. The van der Waals surface area contributed by atoms with Gasteiger partial charge in [0.2, 0.25) is 5.91 Å². The molecule has 0 fully saturated rings. The first-order valence-corrected chi connectivity index (χ1v) is 6.90. The van der Waals surface area contributed by atoms with Crippen molar-refractivity contribution in [1.29, 1.82) is 0 Å². The molecule has 6 heteroatoms. The average molecular weight is 300 g/mol. The van der Waals surface area contributed by atoms with Gasteiger partial charge < -0.3 is 15.4 Å². The predicted molar refractivity (Wildman–Crippen MR) is 78.0 cm³/mol. The molecule has 0 spiro atoms. The van der Waals surface area contributed by atoms with Crippen LogP contribution in [0.1, 0.15) is 25.8 Å². The minimum Gasteiger partial charge on any atom is -0.398 e. The summed E-state index contributed by atoms with van der Waals surface area (Å²) in [7, 11) is 0. The minimum atomic E-state index is -2.51. The zero-order valence-corrected chi connectivity index (χ0v) is 12.4. The molecule has 1 rings (SSSR count). The number of hydrogen-bond acceptors (Lipinski definition) is 3. The molecule has 0 atom stereocenters. The molecule has 0 aliphatic carbocycles. The fraction of sp³-hybridized carbons (Fsp3) is 0.533. The number of halogens is 2. The van der Waals surface area contributed by atoms with Crippen LogP contribution in [-0.2, 0) is 16.1 Å². The molecule has 0 aliphatic heterocycles. The zero-order valence-electron chi connectivity index (χ0n) is 12.4. The van der Waals surface area contributed by atoms with E-state index in [4.69, 9.17) is 10.5 Å². The lowest BCUT2D eigenvalue weighted by Gasteiger charge is -2.27. The van der Waals surface area contributed by atoms with Gasteiger partial charge in [0.25, 0.3) is 6.43 Å². The second kappa shape index (κ2) is 8.56. The molecule has 0 unspecified atom stereocenters. The standard InChI is InChI=1S/C15H22F2N2O2/c1-11(2)19(9-12-5-3-4-6-13(12)18)15(20)7-8-21-10-14(16)17/h3-6,11,14H,7-10,18H2,1-2H3. The molecular weight excluding hydrogens is 278 g/mol. The molecule has 0 aromatic heterocycles. The highest BCUT2D eigenvalue weighted by Crippen LogP contribution is 2.16. The number of amides is 1. The maximum absolute atomic E-state index is 12.2. The molecule has 0 bridgehead atoms. The van der Waals surface area contributed by atoms with Crippen molar-refractivity contribution < 1.29 is 18.3 Å². The third kappa shape index (κ3) is 6.08. The maximum Gasteiger partial charge on any atom is 0.261 e. The van der Waals surface area contributed by atoms with E-state index in [0.29, 0.717) is 12.2 Å². The summed E-state index contributed by atoms with van der Waals surface area (Å²) in [5, 5.41) is 0. The zero-order chi connectivity index (χ0) is 15.8. The number of ether oxygens (including phenoxy) is 1. The Kier molecular flexibility index (Phi) is 7.08. The van der Waals surface area contributed by atoms with Crippen LogP contribution in [-0.4, -0.2) is 36.5 Å². The van der Waals surface area contributed by atoms with Crippen LogP contribution in [0, 0.1) is 0 Å². The maximum atomic E-state index is 12.2. The van der Waals surface area contributed by atoms with Crippen molar-refractivity contribution in [3.8, 4) is 0 Å². The summed E-state index contributed by atoms with van der Waals surface area (Å²) in [6.45, 7) is 3.56. The molecule has 0 heterocycles. The van der Waals surface area contributed by atoms with Gasteiger partial charge in [0.15, 0.2) is 0 Å². The Hall–Kier alpha value is -1.69. The highest BCUT2D eigenvalue weighted by atomic mass is 19.3. The van der Waals surface area contributed by atoms with Crippen molar-refractivity contribution in [3.63, 3.8) is 0 Å². The van der Waals surface area contributed by atoms with E-state index in [-0.39, 0.29) is 25.0 Å². The number of nitrogen functional groups attached to an aromatic ring is 1. The number of alkyl halides is 2. The summed E-state index contributed by atoms with van der Waals surface area (Å²) in [5.74, 6) is -0.137. The van der Waals surface area contributed by atoms with Crippen LogP contribution in [0.5, 0.6) is 0 Å². The van der Waals surface area contributed by atoms with E-state index < -0.39 is 13.0 Å². The van der Waals surface area contributed by atoms with Crippen LogP contribution < -0.4 is 5.73 Å². The van der Waals surface area contributed by atoms with Gasteiger partial charge in [-0.2, -0.15) is 0 Å². The molecule has 1 amide bonds. The van der Waals surface area contributed by atoms with E-state index in [1.54, 1.807) is 11.0 Å². The fourth-order valence-corrected chi connectivity index (χ4v) is 1.90. The number of para-hydroxylation sites is 1. The minimum absolute atomic E-state index is 0.00331. The summed E-state index contributed by atoms with van der Waals surface area (Å²) in [4.78, 5) is 13.8. The molecule has 1 aromatic rings. The SMILES string of the molecule is CC(C)N(Cc1ccccc1N)C(=O)CCOCC(F)F. The molecule has 0 radical (unpaired) electrons. The third-order valence-electron chi connectivity index (χ3n) is 3.04. The molecule has 21 heavy (non-hydrogen) atoms. The number of nitrogens with two attached hydrogens (primary N) is 1. The number of anilines is 1. The quantitative estimate of drug-likeness (QED) is 0.593. The van der Waals surface area contributed by atoms with E-state index in [9.17, 15) is 13.6 Å². The van der Waals surface area contributed by atoms with E-state index in [1.165, 1.54) is 0 Å². The molecule has 0 aliphatic rings. The molecule has 4 nitrogen and oxygen atoms in total. The van der Waals surface area contributed by atoms with Crippen LogP contribution in [0.25, 0.3) is 0 Å². The van der Waals surface area contributed by atoms with Crippen LogP contribution in [0.4, 0.5) is 14.5 Å². The lowest BCUT2D eigenvalue weighted by Crippen LogP contribution is -2.37. The van der Waals surface area contributed by atoms with Gasteiger partial charge in [-0.05, 0) is 25.5 Å². The van der Waals surface area contributed by atoms with Gasteiger partial charge in [-0.15, -0.1) is 0 Å². The van der Waals surface area contributed by atoms with Crippen LogP contribution in [0.2, 0.25) is 0 Å². The second-order valence-corrected chi connectivity index (χ2v) is 5.03. The highest BCUT2D eigenvalue weighted by Gasteiger charge is 2.18. The Labute approximate surface area is 123 Å². The van der Waals surface area contributed by atoms with Crippen LogP contribution >= 0.6 is 0 Å². The lowest BCUT2D eigenvalue weighted by atomic mass is 10.1. The number of nitrogens with zero attached hydrogens (tertiary/aromatic N) is 1. The molecule has 2 N–H and O–H groups in total. The Morgan fingerprint density at radius 2 is 2.00 bits per heavy atom. The Morgan fingerprint density at radius 1 is 1.33 bits per heavy atom. The van der Waals surface area contributed by atoms with Crippen molar-refractivity contribution >= 4 is 11.6 Å². The first-order valence-electron chi connectivity index (χ1n) is 6.90. The topological polar surface area (TPSA) is 55.6 Å². The second-order valence-electron chi connectivity index (χ2n) is 5.03. The Bertz CT molecular complexity index is 453. The number of rotatable bonds is 8. The van der Waals surface area contributed by atoms with E-state index >= 15 is 0 Å². The summed E-state index contributed by atoms with van der Waals surface area (Å²) < 4.78 is 28.6. The smallest absolute Gasteiger partial charge is 0.261 e. The van der Waals surface area contributed by atoms with Gasteiger partial charge >= 0.3 is 0 Å².